The van der Waals surface area contributed by atoms with Crippen molar-refractivity contribution in [2.24, 2.45) is 0 Å². The van der Waals surface area contributed by atoms with Crippen LogP contribution < -0.4 is 10.6 Å². The first-order valence-corrected chi connectivity index (χ1v) is 10.2. The Kier molecular flexibility index (Phi) is 5.07. The lowest BCUT2D eigenvalue weighted by Crippen LogP contribution is -2.12. The van der Waals surface area contributed by atoms with E-state index in [0.29, 0.717) is 29.3 Å². The molecule has 0 radical (unpaired) electrons. The van der Waals surface area contributed by atoms with Gasteiger partial charge in [0.05, 0.1) is 37.3 Å². The third kappa shape index (κ3) is 3.58. The van der Waals surface area contributed by atoms with Crippen LogP contribution in [0.1, 0.15) is 23.6 Å². The molecule has 32 heavy (non-hydrogen) atoms. The predicted octanol–water partition coefficient (Wildman–Crippen LogP) is 1.81. The van der Waals surface area contributed by atoms with E-state index in [2.05, 4.69) is 42.6 Å². The topological polar surface area (TPSA) is 136 Å². The molecule has 162 valence electrons. The van der Waals surface area contributed by atoms with E-state index in [9.17, 15) is 4.79 Å². The number of anilines is 3. The highest BCUT2D eigenvalue weighted by atomic mass is 16.3. The molecule has 0 fully saturated rings. The van der Waals surface area contributed by atoms with Crippen LogP contribution in [0.4, 0.5) is 17.3 Å². The van der Waals surface area contributed by atoms with Crippen molar-refractivity contribution in [3.63, 3.8) is 0 Å². The summed E-state index contributed by atoms with van der Waals surface area (Å²) in [5.41, 5.74) is 4.87. The molecule has 1 amide bonds. The second-order valence-electron chi connectivity index (χ2n) is 7.40. The van der Waals surface area contributed by atoms with Gasteiger partial charge in [-0.2, -0.15) is 10.1 Å². The molecule has 3 N–H and O–H groups in total. The maximum absolute atomic E-state index is 11.8. The number of nitrogens with one attached hydrogen (secondary N) is 2. The van der Waals surface area contributed by atoms with Crippen LogP contribution in [0.15, 0.2) is 49.4 Å². The minimum absolute atomic E-state index is 0.0102. The van der Waals surface area contributed by atoms with Crippen molar-refractivity contribution in [1.82, 2.24) is 34.7 Å². The van der Waals surface area contributed by atoms with Crippen molar-refractivity contribution in [2.75, 3.05) is 17.2 Å². The number of aromatic nitrogens is 7. The molecule has 0 saturated heterocycles. The summed E-state index contributed by atoms with van der Waals surface area (Å²) in [6.45, 7) is 3.94. The van der Waals surface area contributed by atoms with Crippen LogP contribution in [0.3, 0.4) is 0 Å². The Morgan fingerprint density at radius 3 is 3.09 bits per heavy atom. The number of aliphatic hydroxyl groups is 1. The van der Waals surface area contributed by atoms with Gasteiger partial charge in [0.15, 0.2) is 11.2 Å². The van der Waals surface area contributed by atoms with Crippen LogP contribution >= 0.6 is 0 Å². The van der Waals surface area contributed by atoms with Crippen LogP contribution in [0.2, 0.25) is 0 Å². The first-order valence-electron chi connectivity index (χ1n) is 10.2. The lowest BCUT2D eigenvalue weighted by Gasteiger charge is -2.14. The van der Waals surface area contributed by atoms with E-state index in [4.69, 9.17) is 5.11 Å². The molecule has 4 aromatic rings. The van der Waals surface area contributed by atoms with E-state index in [1.807, 2.05) is 22.9 Å². The Balaban J connectivity index is 1.46. The quantitative estimate of drug-likeness (QED) is 0.377. The number of fused-ring (bicyclic) bond motifs is 2. The number of carbonyl (C=O) groups is 1. The Morgan fingerprint density at radius 1 is 1.34 bits per heavy atom. The van der Waals surface area contributed by atoms with Crippen molar-refractivity contribution in [3.8, 4) is 0 Å². The lowest BCUT2D eigenvalue weighted by molar-refractivity contribution is -0.111. The van der Waals surface area contributed by atoms with Crippen LogP contribution in [0.25, 0.3) is 11.2 Å². The van der Waals surface area contributed by atoms with Crippen molar-refractivity contribution in [1.29, 1.82) is 0 Å². The zero-order valence-electron chi connectivity index (χ0n) is 17.1. The number of carbonyl (C=O) groups excluding carboxylic acids is 1. The first kappa shape index (κ1) is 19.8. The average molecular weight is 431 g/mol. The van der Waals surface area contributed by atoms with Gasteiger partial charge in [-0.05, 0) is 36.1 Å². The zero-order valence-corrected chi connectivity index (χ0v) is 17.1. The van der Waals surface area contributed by atoms with Crippen LogP contribution in [0, 0.1) is 0 Å². The first-order chi connectivity index (χ1) is 15.7. The lowest BCUT2D eigenvalue weighted by atomic mass is 10.1. The highest BCUT2D eigenvalue weighted by molar-refractivity contribution is 5.99. The molecule has 0 bridgehead atoms. The average Bonchev–Trinajstić information content (AvgIpc) is 3.52. The molecule has 0 unspecified atom stereocenters. The van der Waals surface area contributed by atoms with E-state index >= 15 is 0 Å². The number of rotatable bonds is 7. The third-order valence-corrected chi connectivity index (χ3v) is 5.41. The van der Waals surface area contributed by atoms with Gasteiger partial charge in [0.2, 0.25) is 11.9 Å². The molecule has 3 aromatic heterocycles. The number of hydrogen-bond donors (Lipinski definition) is 3. The van der Waals surface area contributed by atoms with E-state index in [1.54, 1.807) is 23.3 Å². The maximum atomic E-state index is 11.8. The molecule has 1 atom stereocenters. The highest BCUT2D eigenvalue weighted by Gasteiger charge is 2.29. The molecule has 1 aliphatic rings. The standard InChI is InChI=1S/C21H21N9O2/c1-2-19(32)25-16-5-3-4-15-14(16)6-7-18(15)30-20-17(27-28-30)11-22-21(26-20)24-13-10-23-29(12-13)8-9-31/h2-5,10-12,18,31H,1,6-9H2,(H,25,32)(H,22,24,26)/t18-/m0/s1. The van der Waals surface area contributed by atoms with Gasteiger partial charge in [0.25, 0.3) is 0 Å². The second-order valence-corrected chi connectivity index (χ2v) is 7.40. The number of nitrogens with zero attached hydrogens (tertiary/aromatic N) is 7. The van der Waals surface area contributed by atoms with Gasteiger partial charge in [-0.15, -0.1) is 5.10 Å². The summed E-state index contributed by atoms with van der Waals surface area (Å²) in [7, 11) is 0. The molecule has 1 aromatic carbocycles. The fourth-order valence-electron chi connectivity index (χ4n) is 3.98. The summed E-state index contributed by atoms with van der Waals surface area (Å²) in [6.07, 6.45) is 7.92. The normalized spacial score (nSPS) is 15.0. The van der Waals surface area contributed by atoms with Gasteiger partial charge < -0.3 is 15.7 Å². The minimum atomic E-state index is -0.237. The molecule has 0 saturated carbocycles. The van der Waals surface area contributed by atoms with Crippen LogP contribution in [-0.2, 0) is 17.8 Å². The van der Waals surface area contributed by atoms with Crippen molar-refractivity contribution in [2.45, 2.75) is 25.4 Å². The SMILES string of the molecule is C=CC(=O)Nc1cccc2c1CC[C@@H]2n1nnc2cnc(Nc3cnn(CCO)c3)nc21. The second kappa shape index (κ2) is 8.19. The molecular formula is C21H21N9O2. The number of benzene rings is 1. The Labute approximate surface area is 182 Å². The largest absolute Gasteiger partial charge is 0.394 e. The number of hydrogen-bond acceptors (Lipinski definition) is 8. The summed E-state index contributed by atoms with van der Waals surface area (Å²) in [4.78, 5) is 20.7. The van der Waals surface area contributed by atoms with Gasteiger partial charge in [0.1, 0.15) is 0 Å². The van der Waals surface area contributed by atoms with Crippen LogP contribution in [-0.4, -0.2) is 52.4 Å². The van der Waals surface area contributed by atoms with E-state index in [1.165, 1.54) is 6.08 Å². The Hall–Kier alpha value is -4.12. The van der Waals surface area contributed by atoms with Crippen molar-refractivity contribution in [3.05, 3.63) is 60.6 Å². The molecular weight excluding hydrogens is 410 g/mol. The molecule has 1 aliphatic carbocycles. The Morgan fingerprint density at radius 2 is 2.25 bits per heavy atom. The van der Waals surface area contributed by atoms with Gasteiger partial charge in [-0.25, -0.2) is 9.67 Å². The third-order valence-electron chi connectivity index (χ3n) is 5.41. The molecule has 0 spiro atoms. The number of aliphatic hydroxyl groups excluding tert-OH is 1. The summed E-state index contributed by atoms with van der Waals surface area (Å²) in [5.74, 6) is 0.161. The monoisotopic (exact) mass is 431 g/mol. The summed E-state index contributed by atoms with van der Waals surface area (Å²) in [6, 6.07) is 5.80. The summed E-state index contributed by atoms with van der Waals surface area (Å²) < 4.78 is 3.44. The highest BCUT2D eigenvalue weighted by Crippen LogP contribution is 2.38. The van der Waals surface area contributed by atoms with E-state index in [-0.39, 0.29) is 18.6 Å². The van der Waals surface area contributed by atoms with Gasteiger partial charge in [-0.3, -0.25) is 9.48 Å². The molecule has 0 aliphatic heterocycles. The Bertz CT molecular complexity index is 1310. The summed E-state index contributed by atoms with van der Waals surface area (Å²) >= 11 is 0. The predicted molar refractivity (Wildman–Crippen MR) is 117 cm³/mol. The zero-order chi connectivity index (χ0) is 22.1. The fraction of sp³-hybridized carbons (Fsp3) is 0.238. The molecule has 11 nitrogen and oxygen atoms in total. The van der Waals surface area contributed by atoms with Crippen LogP contribution in [0.5, 0.6) is 0 Å². The minimum Gasteiger partial charge on any atom is -0.394 e. The molecule has 11 heteroatoms. The molecule has 3 heterocycles. The van der Waals surface area contributed by atoms with Crippen molar-refractivity contribution >= 4 is 34.4 Å². The van der Waals surface area contributed by atoms with E-state index in [0.717, 1.165) is 29.7 Å². The summed E-state index contributed by atoms with van der Waals surface area (Å²) in [5, 5.41) is 27.8. The molecule has 5 rings (SSSR count). The van der Waals surface area contributed by atoms with Gasteiger partial charge in [-0.1, -0.05) is 23.9 Å². The van der Waals surface area contributed by atoms with Gasteiger partial charge >= 0.3 is 0 Å². The maximum Gasteiger partial charge on any atom is 0.247 e. The fourth-order valence-corrected chi connectivity index (χ4v) is 3.98. The van der Waals surface area contributed by atoms with E-state index < -0.39 is 0 Å². The smallest absolute Gasteiger partial charge is 0.247 e. The van der Waals surface area contributed by atoms with Gasteiger partial charge in [0, 0.05) is 11.9 Å². The number of amides is 1. The van der Waals surface area contributed by atoms with Crippen molar-refractivity contribution < 1.29 is 9.90 Å².